The first kappa shape index (κ1) is 16.1. The smallest absolute Gasteiger partial charge is 0.0179 e. The number of aryl methyl sites for hydroxylation is 1. The molecule has 2 rings (SSSR count). The second kappa shape index (κ2) is 8.22. The Balaban J connectivity index is 1.88. The van der Waals surface area contributed by atoms with E-state index in [9.17, 15) is 0 Å². The van der Waals surface area contributed by atoms with E-state index in [0.717, 1.165) is 0 Å². The first-order valence-electron chi connectivity index (χ1n) is 8.71. The molecule has 0 heterocycles. The Bertz CT molecular complexity index is 553. The maximum absolute atomic E-state index is 2.39. The minimum atomic E-state index is 0.682. The van der Waals surface area contributed by atoms with Crippen molar-refractivity contribution in [3.63, 3.8) is 0 Å². The van der Waals surface area contributed by atoms with Gasteiger partial charge < -0.3 is 0 Å². The number of unbranched alkanes of at least 4 members (excludes halogenated alkanes) is 5. The van der Waals surface area contributed by atoms with Crippen molar-refractivity contribution in [3.8, 4) is 0 Å². The van der Waals surface area contributed by atoms with Crippen LogP contribution < -0.4 is 0 Å². The molecular formula is C21H30. The molecule has 0 saturated heterocycles. The van der Waals surface area contributed by atoms with E-state index in [-0.39, 0.29) is 0 Å². The van der Waals surface area contributed by atoms with Crippen LogP contribution in [0, 0.1) is 6.92 Å². The highest BCUT2D eigenvalue weighted by molar-refractivity contribution is 5.83. The van der Waals surface area contributed by atoms with Crippen LogP contribution in [0.4, 0.5) is 0 Å². The van der Waals surface area contributed by atoms with Crippen molar-refractivity contribution in [3.05, 3.63) is 47.5 Å². The summed E-state index contributed by atoms with van der Waals surface area (Å²) in [6.45, 7) is 6.83. The van der Waals surface area contributed by atoms with Crippen molar-refractivity contribution in [1.29, 1.82) is 0 Å². The van der Waals surface area contributed by atoms with E-state index in [0.29, 0.717) is 5.92 Å². The molecule has 0 aliphatic rings. The third-order valence-electron chi connectivity index (χ3n) is 4.58. The zero-order valence-corrected chi connectivity index (χ0v) is 14.0. The lowest BCUT2D eigenvalue weighted by atomic mass is 9.92. The topological polar surface area (TPSA) is 0 Å². The van der Waals surface area contributed by atoms with Gasteiger partial charge in [0, 0.05) is 0 Å². The van der Waals surface area contributed by atoms with Crippen molar-refractivity contribution < 1.29 is 0 Å². The summed E-state index contributed by atoms with van der Waals surface area (Å²) < 4.78 is 0. The van der Waals surface area contributed by atoms with Crippen LogP contribution in [-0.4, -0.2) is 0 Å². The van der Waals surface area contributed by atoms with Gasteiger partial charge in [-0.1, -0.05) is 94.3 Å². The van der Waals surface area contributed by atoms with E-state index in [1.54, 1.807) is 0 Å². The Hall–Kier alpha value is -1.30. The van der Waals surface area contributed by atoms with Crippen molar-refractivity contribution in [2.24, 2.45) is 0 Å². The molecule has 0 bridgehead atoms. The predicted octanol–water partition coefficient (Wildman–Crippen LogP) is 7.00. The molecule has 0 N–H and O–H groups in total. The van der Waals surface area contributed by atoms with Crippen LogP contribution in [-0.2, 0) is 0 Å². The van der Waals surface area contributed by atoms with Gasteiger partial charge in [0.1, 0.15) is 0 Å². The van der Waals surface area contributed by atoms with E-state index in [1.165, 1.54) is 66.8 Å². The van der Waals surface area contributed by atoms with E-state index in [2.05, 4.69) is 57.2 Å². The van der Waals surface area contributed by atoms with Crippen LogP contribution in [0.2, 0.25) is 0 Å². The molecule has 0 amide bonds. The lowest BCUT2D eigenvalue weighted by Gasteiger charge is -2.13. The monoisotopic (exact) mass is 282 g/mol. The first-order chi connectivity index (χ1) is 10.2. The molecular weight excluding hydrogens is 252 g/mol. The highest BCUT2D eigenvalue weighted by Gasteiger charge is 2.06. The zero-order valence-electron chi connectivity index (χ0n) is 14.0. The molecule has 2 aromatic carbocycles. The van der Waals surface area contributed by atoms with E-state index >= 15 is 0 Å². The number of hydrogen-bond acceptors (Lipinski definition) is 0. The second-order valence-electron chi connectivity index (χ2n) is 6.57. The van der Waals surface area contributed by atoms with Gasteiger partial charge in [0.05, 0.1) is 0 Å². The summed E-state index contributed by atoms with van der Waals surface area (Å²) in [5, 5.41) is 2.75. The summed E-state index contributed by atoms with van der Waals surface area (Å²) in [4.78, 5) is 0. The van der Waals surface area contributed by atoms with Crippen LogP contribution >= 0.6 is 0 Å². The molecule has 0 aliphatic carbocycles. The van der Waals surface area contributed by atoms with Gasteiger partial charge >= 0.3 is 0 Å². The van der Waals surface area contributed by atoms with E-state index in [4.69, 9.17) is 0 Å². The van der Waals surface area contributed by atoms with Crippen LogP contribution in [0.3, 0.4) is 0 Å². The SMILES string of the molecule is CCCCCCCCC(C)c1ccc2ccc(C)cc2c1. The lowest BCUT2D eigenvalue weighted by molar-refractivity contribution is 0.557. The van der Waals surface area contributed by atoms with Gasteiger partial charge in [-0.3, -0.25) is 0 Å². The summed E-state index contributed by atoms with van der Waals surface area (Å²) in [6, 6.07) is 13.7. The maximum atomic E-state index is 2.39. The molecule has 0 saturated carbocycles. The molecule has 0 radical (unpaired) electrons. The quantitative estimate of drug-likeness (QED) is 0.457. The molecule has 1 unspecified atom stereocenters. The molecule has 0 fully saturated rings. The van der Waals surface area contributed by atoms with Crippen LogP contribution in [0.1, 0.15) is 75.8 Å². The van der Waals surface area contributed by atoms with Gasteiger partial charge in [0.2, 0.25) is 0 Å². The number of hydrogen-bond donors (Lipinski definition) is 0. The molecule has 21 heavy (non-hydrogen) atoms. The third kappa shape index (κ3) is 4.88. The summed E-state index contributed by atoms with van der Waals surface area (Å²) in [5.41, 5.74) is 2.85. The molecule has 0 nitrogen and oxygen atoms in total. The Morgan fingerprint density at radius 3 is 2.33 bits per heavy atom. The van der Waals surface area contributed by atoms with Crippen molar-refractivity contribution in [2.75, 3.05) is 0 Å². The van der Waals surface area contributed by atoms with Crippen LogP contribution in [0.25, 0.3) is 10.8 Å². The minimum absolute atomic E-state index is 0.682. The van der Waals surface area contributed by atoms with Crippen LogP contribution in [0.5, 0.6) is 0 Å². The Morgan fingerprint density at radius 2 is 1.52 bits per heavy atom. The first-order valence-corrected chi connectivity index (χ1v) is 8.71. The number of rotatable bonds is 8. The fraction of sp³-hybridized carbons (Fsp3) is 0.524. The van der Waals surface area contributed by atoms with E-state index < -0.39 is 0 Å². The standard InChI is InChI=1S/C21H30/c1-4-5-6-7-8-9-10-18(3)20-14-13-19-12-11-17(2)15-21(19)16-20/h11-16,18H,4-10H2,1-3H3. The molecule has 0 spiro atoms. The Kier molecular flexibility index (Phi) is 6.29. The summed E-state index contributed by atoms with van der Waals surface area (Å²) in [6.07, 6.45) is 9.67. The number of fused-ring (bicyclic) bond motifs is 1. The highest BCUT2D eigenvalue weighted by Crippen LogP contribution is 2.26. The average molecular weight is 282 g/mol. The number of benzene rings is 2. The average Bonchev–Trinajstić information content (AvgIpc) is 2.49. The third-order valence-corrected chi connectivity index (χ3v) is 4.58. The summed E-state index contributed by atoms with van der Waals surface area (Å²) >= 11 is 0. The maximum Gasteiger partial charge on any atom is -0.0179 e. The van der Waals surface area contributed by atoms with Crippen molar-refractivity contribution in [1.82, 2.24) is 0 Å². The predicted molar refractivity (Wildman–Crippen MR) is 95.1 cm³/mol. The molecule has 0 aromatic heterocycles. The molecule has 1 atom stereocenters. The summed E-state index contributed by atoms with van der Waals surface area (Å²) in [7, 11) is 0. The molecule has 2 aromatic rings. The Morgan fingerprint density at radius 1 is 0.810 bits per heavy atom. The fourth-order valence-electron chi connectivity index (χ4n) is 3.09. The summed E-state index contributed by atoms with van der Waals surface area (Å²) in [5.74, 6) is 0.682. The highest BCUT2D eigenvalue weighted by atomic mass is 14.1. The van der Waals surface area contributed by atoms with Gasteiger partial charge in [-0.2, -0.15) is 0 Å². The van der Waals surface area contributed by atoms with Gasteiger partial charge in [-0.25, -0.2) is 0 Å². The van der Waals surface area contributed by atoms with Gasteiger partial charge in [0.25, 0.3) is 0 Å². The fourth-order valence-corrected chi connectivity index (χ4v) is 3.09. The molecule has 114 valence electrons. The second-order valence-corrected chi connectivity index (χ2v) is 6.57. The van der Waals surface area contributed by atoms with Crippen molar-refractivity contribution in [2.45, 2.75) is 71.6 Å². The normalized spacial score (nSPS) is 12.7. The Labute approximate surface area is 130 Å². The zero-order chi connectivity index (χ0) is 15.1. The molecule has 0 heteroatoms. The van der Waals surface area contributed by atoms with Crippen LogP contribution in [0.15, 0.2) is 36.4 Å². The minimum Gasteiger partial charge on any atom is -0.0654 e. The van der Waals surface area contributed by atoms with Gasteiger partial charge in [-0.05, 0) is 35.6 Å². The van der Waals surface area contributed by atoms with Crippen molar-refractivity contribution >= 4 is 10.8 Å². The largest absolute Gasteiger partial charge is 0.0654 e. The molecule has 0 aliphatic heterocycles. The van der Waals surface area contributed by atoms with Gasteiger partial charge in [0.15, 0.2) is 0 Å². The van der Waals surface area contributed by atoms with Gasteiger partial charge in [-0.15, -0.1) is 0 Å². The lowest BCUT2D eigenvalue weighted by Crippen LogP contribution is -1.94. The van der Waals surface area contributed by atoms with E-state index in [1.807, 2.05) is 0 Å².